The molecule has 6 heteroatoms. The van der Waals surface area contributed by atoms with Gasteiger partial charge in [-0.25, -0.2) is 0 Å². The van der Waals surface area contributed by atoms with Gasteiger partial charge >= 0.3 is 32.3 Å². The fourth-order valence-corrected chi connectivity index (χ4v) is 0. The molecule has 0 aromatic rings. The fraction of sp³-hybridized carbons (Fsp3) is 0. The van der Waals surface area contributed by atoms with E-state index in [9.17, 15) is 0 Å². The Hall–Kier alpha value is 2.89. The van der Waals surface area contributed by atoms with Crippen LogP contribution < -0.4 is 0 Å². The molecule has 0 saturated carbocycles. The molecule has 0 heterocycles. The molecule has 0 N–H and O–H groups in total. The molecule has 0 atom stereocenters. The van der Waals surface area contributed by atoms with Gasteiger partial charge in [-0.1, -0.05) is 0 Å². The molecule has 0 aromatic carbocycles. The van der Waals surface area contributed by atoms with E-state index in [0.29, 0.717) is 0 Å². The fourth-order valence-electron chi connectivity index (χ4n) is 0. The first-order valence-corrected chi connectivity index (χ1v) is 5.87. The van der Waals surface area contributed by atoms with E-state index in [4.69, 9.17) is 0 Å². The predicted octanol–water partition coefficient (Wildman–Crippen LogP) is 2.58. The number of rotatable bonds is 0. The maximum absolute atomic E-state index is 3.78. The summed E-state index contributed by atoms with van der Waals surface area (Å²) in [6, 6.07) is 0. The summed E-state index contributed by atoms with van der Waals surface area (Å²) in [5.74, 6) is 0. The summed E-state index contributed by atoms with van der Waals surface area (Å²) in [6.45, 7) is 0. The van der Waals surface area contributed by atoms with E-state index in [1.54, 1.807) is 0 Å². The Balaban J connectivity index is -0.0000000450. The summed E-state index contributed by atoms with van der Waals surface area (Å²) in [4.78, 5) is 0. The standard InChI is InChI=1S/Fe.Ni.3P.V. The summed E-state index contributed by atoms with van der Waals surface area (Å²) in [5, 5.41) is 0. The van der Waals surface area contributed by atoms with Crippen LogP contribution in [0.15, 0.2) is 0 Å². The van der Waals surface area contributed by atoms with E-state index >= 15 is 0 Å². The molecule has 0 rings (SSSR count). The third kappa shape index (κ3) is 28.6. The van der Waals surface area contributed by atoms with Crippen LogP contribution in [0.1, 0.15) is 0 Å². The van der Waals surface area contributed by atoms with Crippen molar-refractivity contribution in [3.8, 4) is 0 Å². The average Bonchev–Trinajstić information content (AvgIpc) is 0.811. The first-order chi connectivity index (χ1) is 1.73. The van der Waals surface area contributed by atoms with E-state index in [1.807, 2.05) is 0 Å². The van der Waals surface area contributed by atoms with Crippen LogP contribution in [0, 0.1) is 0 Å². The second-order valence-electron chi connectivity index (χ2n) is 0.212. The van der Waals surface area contributed by atoms with Crippen LogP contribution in [0.3, 0.4) is 0 Å². The monoisotopic (exact) mass is 258 g/mol. The summed E-state index contributed by atoms with van der Waals surface area (Å²) in [7, 11) is 10.7. The van der Waals surface area contributed by atoms with Crippen molar-refractivity contribution in [1.82, 2.24) is 0 Å². The zero-order valence-electron chi connectivity index (χ0n) is 2.46. The topological polar surface area (TPSA) is 0 Å². The average molecular weight is 258 g/mol. The van der Waals surface area contributed by atoms with Gasteiger partial charge in [0, 0.05) is 35.0 Å². The molecule has 0 aliphatic rings. The van der Waals surface area contributed by atoms with Crippen LogP contribution in [0.4, 0.5) is 0 Å². The Morgan fingerprint density at radius 1 is 1.00 bits per heavy atom. The van der Waals surface area contributed by atoms with Gasteiger partial charge in [-0.2, -0.15) is 0 Å². The predicted molar refractivity (Wildman–Crippen MR) is 20.8 cm³/mol. The Kier molecular flexibility index (Phi) is 28.7. The van der Waals surface area contributed by atoms with E-state index in [0.717, 1.165) is 0 Å². The summed E-state index contributed by atoms with van der Waals surface area (Å²) in [5.41, 5.74) is 0. The van der Waals surface area contributed by atoms with E-state index < -0.39 is 10.5 Å². The number of hydrogen-bond donors (Lipinski definition) is 0. The van der Waals surface area contributed by atoms with Crippen molar-refractivity contribution in [2.45, 2.75) is 0 Å². The Morgan fingerprint density at radius 3 is 1.00 bits per heavy atom. The molecule has 0 aromatic heterocycles. The third-order valence-electron chi connectivity index (χ3n) is 0. The maximum Gasteiger partial charge on any atom is 0 e. The molecule has 6 heavy (non-hydrogen) atoms. The molecule has 0 amide bonds. The van der Waals surface area contributed by atoms with Gasteiger partial charge in [0.05, 0.1) is 0 Å². The quantitative estimate of drug-likeness (QED) is 0.463. The van der Waals surface area contributed by atoms with Crippen LogP contribution in [0.5, 0.6) is 0 Å². The van der Waals surface area contributed by atoms with Crippen LogP contribution in [0.2, 0.25) is 0 Å². The minimum atomic E-state index is -0.667. The van der Waals surface area contributed by atoms with E-state index in [1.165, 1.54) is 0 Å². The second kappa shape index (κ2) is 10.8. The Bertz CT molecular complexity index is 226. The SMILES string of the molecule is [Ni].[P]#[Fe](#[P])#[P].[V]. The van der Waals surface area contributed by atoms with Crippen LogP contribution in [0.25, 0.3) is 0 Å². The zero-order chi connectivity index (χ0) is 3.58. The minimum absolute atomic E-state index is 0. The van der Waals surface area contributed by atoms with Gasteiger partial charge in [-0.05, 0) is 0 Å². The van der Waals surface area contributed by atoms with Gasteiger partial charge in [0.25, 0.3) is 0 Å². The van der Waals surface area contributed by atoms with Crippen molar-refractivity contribution in [3.05, 3.63) is 0 Å². The van der Waals surface area contributed by atoms with Crippen molar-refractivity contribution < 1.29 is 45.6 Å². The first-order valence-electron chi connectivity index (χ1n) is 0.474. The molecule has 1 radical (unpaired) electrons. The first kappa shape index (κ1) is 16.0. The molecule has 0 saturated heterocycles. The summed E-state index contributed by atoms with van der Waals surface area (Å²) < 4.78 is 0. The molecular formula is FeNiP3V. The van der Waals surface area contributed by atoms with Gasteiger partial charge in [-0.15, -0.1) is 0 Å². The molecule has 0 spiro atoms. The third-order valence-corrected chi connectivity index (χ3v) is 0. The van der Waals surface area contributed by atoms with Crippen molar-refractivity contribution in [3.63, 3.8) is 0 Å². The van der Waals surface area contributed by atoms with Gasteiger partial charge in [0.1, 0.15) is 0 Å². The molecule has 0 unspecified atom stereocenters. The minimum Gasteiger partial charge on any atom is 0 e. The molecule has 0 fully saturated rings. The van der Waals surface area contributed by atoms with Crippen molar-refractivity contribution in [1.29, 1.82) is 0 Å². The molecule has 0 aliphatic heterocycles. The van der Waals surface area contributed by atoms with Crippen LogP contribution in [-0.2, 0) is 45.6 Å². The molecule has 38 valence electrons. The van der Waals surface area contributed by atoms with Crippen LogP contribution in [-0.4, -0.2) is 0 Å². The maximum atomic E-state index is 3.78. The van der Waals surface area contributed by atoms with Crippen LogP contribution >= 0.6 is 21.8 Å². The zero-order valence-corrected chi connectivity index (χ0v) is 8.63. The van der Waals surface area contributed by atoms with E-state index in [2.05, 4.69) is 21.8 Å². The molecular weight excluding hydrogens is 258 g/mol. The van der Waals surface area contributed by atoms with E-state index in [-0.39, 0.29) is 35.0 Å². The number of hydrogen-bond acceptors (Lipinski definition) is 0. The Morgan fingerprint density at radius 2 is 1.00 bits per heavy atom. The Labute approximate surface area is 66.8 Å². The van der Waals surface area contributed by atoms with Crippen molar-refractivity contribution >= 4 is 21.8 Å². The van der Waals surface area contributed by atoms with Gasteiger partial charge < -0.3 is 0 Å². The van der Waals surface area contributed by atoms with Gasteiger partial charge in [-0.3, -0.25) is 0 Å². The molecule has 0 aliphatic carbocycles. The molecule has 0 nitrogen and oxygen atoms in total. The second-order valence-corrected chi connectivity index (χ2v) is 7.87. The largest absolute Gasteiger partial charge is 0 e. The van der Waals surface area contributed by atoms with Gasteiger partial charge in [0.15, 0.2) is 0 Å². The van der Waals surface area contributed by atoms with Crippen molar-refractivity contribution in [2.24, 2.45) is 0 Å². The smallest absolute Gasteiger partial charge is 0 e. The normalized spacial score (nSPS) is 3.50. The summed E-state index contributed by atoms with van der Waals surface area (Å²) in [6.07, 6.45) is 0. The van der Waals surface area contributed by atoms with Gasteiger partial charge in [0.2, 0.25) is 0 Å². The molecule has 0 bridgehead atoms. The summed E-state index contributed by atoms with van der Waals surface area (Å²) >= 11 is 0. The van der Waals surface area contributed by atoms with Crippen molar-refractivity contribution in [2.75, 3.05) is 0 Å².